The van der Waals surface area contributed by atoms with E-state index in [0.717, 1.165) is 23.1 Å². The molecule has 0 radical (unpaired) electrons. The molecule has 0 atom stereocenters. The van der Waals surface area contributed by atoms with Crippen molar-refractivity contribution < 1.29 is 4.79 Å². The van der Waals surface area contributed by atoms with Gasteiger partial charge in [0.05, 0.1) is 5.69 Å². The van der Waals surface area contributed by atoms with Crippen molar-refractivity contribution in [3.63, 3.8) is 0 Å². The number of pyridine rings is 1. The molecule has 4 N–H and O–H groups in total. The minimum Gasteiger partial charge on any atom is -0.397 e. The Hall–Kier alpha value is -1.62. The summed E-state index contributed by atoms with van der Waals surface area (Å²) in [7, 11) is 0. The van der Waals surface area contributed by atoms with E-state index in [1.165, 1.54) is 53.8 Å². The molecule has 4 nitrogen and oxygen atoms in total. The third-order valence-corrected chi connectivity index (χ3v) is 5.27. The number of aromatic nitrogens is 1. The summed E-state index contributed by atoms with van der Waals surface area (Å²) in [5.41, 5.74) is 15.7. The predicted octanol–water partition coefficient (Wildman–Crippen LogP) is 2.94. The minimum absolute atomic E-state index is 0.438. The maximum Gasteiger partial charge on any atom is 0.260 e. The first-order valence-corrected chi connectivity index (χ1v) is 7.91. The smallest absolute Gasteiger partial charge is 0.260 e. The van der Waals surface area contributed by atoms with Gasteiger partial charge < -0.3 is 11.5 Å². The van der Waals surface area contributed by atoms with Crippen LogP contribution in [-0.4, -0.2) is 10.9 Å². The molecule has 2 aromatic rings. The number of hydrogen-bond donors (Lipinski definition) is 2. The summed E-state index contributed by atoms with van der Waals surface area (Å²) in [5, 5.41) is 0.933. The van der Waals surface area contributed by atoms with Gasteiger partial charge in [-0.3, -0.25) is 4.79 Å². The molecule has 106 valence electrons. The SMILES string of the molecule is Cc1c2c(nc3sc(C(N)=O)c(N)c13)CCCCCC2. The molecular weight excluding hydrogens is 270 g/mol. The fraction of sp³-hybridized carbons (Fsp3) is 0.467. The number of hydrogen-bond acceptors (Lipinski definition) is 4. The maximum atomic E-state index is 11.5. The van der Waals surface area contributed by atoms with E-state index in [-0.39, 0.29) is 0 Å². The average Bonchev–Trinajstić information content (AvgIpc) is 2.69. The van der Waals surface area contributed by atoms with E-state index in [2.05, 4.69) is 6.92 Å². The van der Waals surface area contributed by atoms with Crippen LogP contribution in [0.4, 0.5) is 5.69 Å². The second-order valence-electron chi connectivity index (χ2n) is 5.47. The highest BCUT2D eigenvalue weighted by Gasteiger charge is 2.21. The Kier molecular flexibility index (Phi) is 3.38. The lowest BCUT2D eigenvalue weighted by molar-refractivity contribution is 0.100. The third kappa shape index (κ3) is 2.06. The summed E-state index contributed by atoms with van der Waals surface area (Å²) in [4.78, 5) is 17.5. The van der Waals surface area contributed by atoms with Crippen molar-refractivity contribution in [2.75, 3.05) is 5.73 Å². The van der Waals surface area contributed by atoms with Gasteiger partial charge in [-0.05, 0) is 43.7 Å². The molecule has 20 heavy (non-hydrogen) atoms. The summed E-state index contributed by atoms with van der Waals surface area (Å²) in [6.07, 6.45) is 7.03. The van der Waals surface area contributed by atoms with Crippen LogP contribution in [0, 0.1) is 6.92 Å². The third-order valence-electron chi connectivity index (χ3n) is 4.15. The van der Waals surface area contributed by atoms with Crippen LogP contribution < -0.4 is 11.5 Å². The van der Waals surface area contributed by atoms with Crippen molar-refractivity contribution in [3.8, 4) is 0 Å². The van der Waals surface area contributed by atoms with E-state index < -0.39 is 5.91 Å². The number of primary amides is 1. The van der Waals surface area contributed by atoms with E-state index in [9.17, 15) is 4.79 Å². The number of thiophene rings is 1. The Morgan fingerprint density at radius 2 is 1.90 bits per heavy atom. The molecule has 0 spiro atoms. The molecule has 0 aromatic carbocycles. The van der Waals surface area contributed by atoms with Crippen LogP contribution in [0.2, 0.25) is 0 Å². The summed E-state index contributed by atoms with van der Waals surface area (Å²) in [6.45, 7) is 2.10. The Labute approximate surface area is 122 Å². The second-order valence-corrected chi connectivity index (χ2v) is 6.46. The molecule has 0 saturated heterocycles. The number of nitrogens with zero attached hydrogens (tertiary/aromatic N) is 1. The van der Waals surface area contributed by atoms with Crippen LogP contribution >= 0.6 is 11.3 Å². The van der Waals surface area contributed by atoms with Gasteiger partial charge in [-0.15, -0.1) is 11.3 Å². The lowest BCUT2D eigenvalue weighted by atomic mass is 9.92. The Morgan fingerprint density at radius 1 is 1.20 bits per heavy atom. The number of nitrogen functional groups attached to an aromatic ring is 1. The molecule has 0 aliphatic heterocycles. The fourth-order valence-corrected chi connectivity index (χ4v) is 4.13. The first kappa shape index (κ1) is 13.4. The van der Waals surface area contributed by atoms with Crippen LogP contribution in [0.1, 0.15) is 52.2 Å². The van der Waals surface area contributed by atoms with Gasteiger partial charge >= 0.3 is 0 Å². The van der Waals surface area contributed by atoms with Crippen LogP contribution in [0.5, 0.6) is 0 Å². The van der Waals surface area contributed by atoms with Crippen LogP contribution in [-0.2, 0) is 12.8 Å². The van der Waals surface area contributed by atoms with Gasteiger partial charge in [0.25, 0.3) is 5.91 Å². The van der Waals surface area contributed by atoms with Crippen molar-refractivity contribution in [1.82, 2.24) is 4.98 Å². The topological polar surface area (TPSA) is 82.0 Å². The first-order chi connectivity index (χ1) is 9.59. The number of nitrogens with two attached hydrogens (primary N) is 2. The molecule has 0 fully saturated rings. The lowest BCUT2D eigenvalue weighted by Crippen LogP contribution is -2.10. The van der Waals surface area contributed by atoms with Crippen molar-refractivity contribution in [3.05, 3.63) is 21.7 Å². The van der Waals surface area contributed by atoms with Crippen LogP contribution in [0.25, 0.3) is 10.2 Å². The zero-order valence-corrected chi connectivity index (χ0v) is 12.5. The van der Waals surface area contributed by atoms with Gasteiger partial charge in [-0.25, -0.2) is 4.98 Å². The summed E-state index contributed by atoms with van der Waals surface area (Å²) < 4.78 is 0. The van der Waals surface area contributed by atoms with Gasteiger partial charge in [0.1, 0.15) is 9.71 Å². The molecule has 1 aliphatic rings. The molecular formula is C15H19N3OS. The number of rotatable bonds is 1. The van der Waals surface area contributed by atoms with Crippen molar-refractivity contribution >= 4 is 33.1 Å². The first-order valence-electron chi connectivity index (χ1n) is 7.09. The highest BCUT2D eigenvalue weighted by molar-refractivity contribution is 7.21. The quantitative estimate of drug-likeness (QED) is 0.846. The second kappa shape index (κ2) is 5.05. The largest absolute Gasteiger partial charge is 0.397 e. The van der Waals surface area contributed by atoms with E-state index in [1.54, 1.807) is 0 Å². The number of carbonyl (C=O) groups excluding carboxylic acids is 1. The summed E-state index contributed by atoms with van der Waals surface area (Å²) in [5.74, 6) is -0.461. The number of carbonyl (C=O) groups is 1. The lowest BCUT2D eigenvalue weighted by Gasteiger charge is -2.16. The number of aryl methyl sites for hydroxylation is 2. The Balaban J connectivity index is 2.26. The van der Waals surface area contributed by atoms with Gasteiger partial charge in [-0.2, -0.15) is 0 Å². The maximum absolute atomic E-state index is 11.5. The monoisotopic (exact) mass is 289 g/mol. The van der Waals surface area contributed by atoms with E-state index in [1.807, 2.05) is 0 Å². The molecule has 0 bridgehead atoms. The van der Waals surface area contributed by atoms with E-state index in [0.29, 0.717) is 10.6 Å². The molecule has 5 heteroatoms. The van der Waals surface area contributed by atoms with Gasteiger partial charge in [-0.1, -0.05) is 12.8 Å². The van der Waals surface area contributed by atoms with Gasteiger partial charge in [0.2, 0.25) is 0 Å². The van der Waals surface area contributed by atoms with Gasteiger partial charge in [0, 0.05) is 11.1 Å². The van der Waals surface area contributed by atoms with Crippen molar-refractivity contribution in [2.45, 2.75) is 45.4 Å². The molecule has 1 aliphatic carbocycles. The molecule has 3 rings (SSSR count). The normalized spacial score (nSPS) is 15.7. The average molecular weight is 289 g/mol. The molecule has 0 unspecified atom stereocenters. The van der Waals surface area contributed by atoms with Crippen LogP contribution in [0.15, 0.2) is 0 Å². The zero-order chi connectivity index (χ0) is 14.3. The number of amides is 1. The van der Waals surface area contributed by atoms with Gasteiger partial charge in [0.15, 0.2) is 0 Å². The fourth-order valence-electron chi connectivity index (χ4n) is 3.10. The molecule has 0 saturated carbocycles. The van der Waals surface area contributed by atoms with Crippen LogP contribution in [0.3, 0.4) is 0 Å². The standard InChI is InChI=1S/C15H19N3OS/c1-8-9-6-4-2-3-5-7-10(9)18-15-11(8)12(16)13(20-15)14(17)19/h2-7,16H2,1H3,(H2,17,19). The molecule has 2 heterocycles. The highest BCUT2D eigenvalue weighted by Crippen LogP contribution is 2.37. The van der Waals surface area contributed by atoms with Crippen molar-refractivity contribution in [2.24, 2.45) is 5.73 Å². The van der Waals surface area contributed by atoms with E-state index >= 15 is 0 Å². The molecule has 1 amide bonds. The predicted molar refractivity (Wildman–Crippen MR) is 83.2 cm³/mol. The summed E-state index contributed by atoms with van der Waals surface area (Å²) >= 11 is 1.32. The summed E-state index contributed by atoms with van der Waals surface area (Å²) in [6, 6.07) is 0. The molecule has 2 aromatic heterocycles. The van der Waals surface area contributed by atoms with Crippen molar-refractivity contribution in [1.29, 1.82) is 0 Å². The Morgan fingerprint density at radius 3 is 2.60 bits per heavy atom. The zero-order valence-electron chi connectivity index (χ0n) is 11.7. The Bertz CT molecular complexity index is 690. The minimum atomic E-state index is -0.461. The number of anilines is 1. The number of fused-ring (bicyclic) bond motifs is 2. The van der Waals surface area contributed by atoms with E-state index in [4.69, 9.17) is 16.5 Å². The highest BCUT2D eigenvalue weighted by atomic mass is 32.1.